The third-order valence-corrected chi connectivity index (χ3v) is 4.42. The molecule has 0 radical (unpaired) electrons. The van der Waals surface area contributed by atoms with Crippen LogP contribution in [0, 0.1) is 0 Å². The first-order valence-electron chi connectivity index (χ1n) is 8.49. The van der Waals surface area contributed by atoms with Crippen LogP contribution in [0.5, 0.6) is 5.75 Å². The minimum Gasteiger partial charge on any atom is -0.497 e. The van der Waals surface area contributed by atoms with Gasteiger partial charge in [-0.05, 0) is 47.9 Å². The zero-order chi connectivity index (χ0) is 19.4. The van der Waals surface area contributed by atoms with Crippen molar-refractivity contribution in [3.05, 3.63) is 53.6 Å². The molecule has 0 saturated carbocycles. The number of benzene rings is 2. The van der Waals surface area contributed by atoms with Crippen LogP contribution in [-0.2, 0) is 9.53 Å². The third-order valence-electron chi connectivity index (χ3n) is 4.42. The Morgan fingerprint density at radius 3 is 2.63 bits per heavy atom. The number of nitrogens with one attached hydrogen (secondary N) is 2. The zero-order valence-electron chi connectivity index (χ0n) is 15.1. The Hall–Kier alpha value is -3.35. The molecule has 27 heavy (non-hydrogen) atoms. The van der Waals surface area contributed by atoms with Crippen molar-refractivity contribution in [2.75, 3.05) is 20.8 Å². The van der Waals surface area contributed by atoms with Gasteiger partial charge in [-0.1, -0.05) is 12.1 Å². The van der Waals surface area contributed by atoms with Crippen LogP contribution in [0.3, 0.4) is 0 Å². The number of esters is 1. The van der Waals surface area contributed by atoms with Crippen molar-refractivity contribution in [3.8, 4) is 16.9 Å². The Labute approximate surface area is 156 Å². The lowest BCUT2D eigenvalue weighted by Crippen LogP contribution is -2.40. The predicted molar refractivity (Wildman–Crippen MR) is 98.7 cm³/mol. The standard InChI is InChI=1S/C20H20N2O5/c1-26-14-6-7-15(16(11-14)20(25)27-2)12-4-3-5-13(10-12)18(23)22-17-8-9-21-19(17)24/h3-7,10-11,17H,8-9H2,1-2H3,(H,21,24)(H,22,23). The van der Waals surface area contributed by atoms with E-state index in [-0.39, 0.29) is 11.8 Å². The van der Waals surface area contributed by atoms with E-state index in [4.69, 9.17) is 9.47 Å². The molecule has 0 spiro atoms. The van der Waals surface area contributed by atoms with Crippen LogP contribution in [0.25, 0.3) is 11.1 Å². The summed E-state index contributed by atoms with van der Waals surface area (Å²) in [7, 11) is 2.82. The van der Waals surface area contributed by atoms with Gasteiger partial charge in [0.2, 0.25) is 5.91 Å². The van der Waals surface area contributed by atoms with Gasteiger partial charge in [-0.2, -0.15) is 0 Å². The van der Waals surface area contributed by atoms with Crippen LogP contribution in [0.2, 0.25) is 0 Å². The first-order valence-corrected chi connectivity index (χ1v) is 8.49. The van der Waals surface area contributed by atoms with Gasteiger partial charge in [-0.3, -0.25) is 9.59 Å². The highest BCUT2D eigenvalue weighted by Gasteiger charge is 2.26. The molecule has 140 valence electrons. The van der Waals surface area contributed by atoms with Crippen molar-refractivity contribution in [2.24, 2.45) is 0 Å². The fourth-order valence-electron chi connectivity index (χ4n) is 2.98. The molecule has 1 fully saturated rings. The monoisotopic (exact) mass is 368 g/mol. The van der Waals surface area contributed by atoms with Crippen LogP contribution < -0.4 is 15.4 Å². The largest absolute Gasteiger partial charge is 0.497 e. The van der Waals surface area contributed by atoms with Gasteiger partial charge in [0.05, 0.1) is 19.8 Å². The molecule has 3 rings (SSSR count). The summed E-state index contributed by atoms with van der Waals surface area (Å²) in [4.78, 5) is 36.3. The van der Waals surface area contributed by atoms with Gasteiger partial charge in [0, 0.05) is 12.1 Å². The molecule has 1 aliphatic rings. The van der Waals surface area contributed by atoms with Gasteiger partial charge in [-0.25, -0.2) is 4.79 Å². The summed E-state index contributed by atoms with van der Waals surface area (Å²) in [6, 6.07) is 11.4. The maximum atomic E-state index is 12.5. The molecular formula is C20H20N2O5. The summed E-state index contributed by atoms with van der Waals surface area (Å²) in [5.74, 6) is -0.489. The Kier molecular flexibility index (Phi) is 5.40. The first-order chi connectivity index (χ1) is 13.0. The van der Waals surface area contributed by atoms with E-state index in [0.29, 0.717) is 41.0 Å². The van der Waals surface area contributed by atoms with E-state index in [1.807, 2.05) is 0 Å². The van der Waals surface area contributed by atoms with Crippen LogP contribution in [0.4, 0.5) is 0 Å². The SMILES string of the molecule is COC(=O)c1cc(OC)ccc1-c1cccc(C(=O)NC2CCNC2=O)c1. The van der Waals surface area contributed by atoms with E-state index in [2.05, 4.69) is 10.6 Å². The number of rotatable bonds is 5. The second kappa shape index (κ2) is 7.90. The fourth-order valence-corrected chi connectivity index (χ4v) is 2.98. The van der Waals surface area contributed by atoms with Crippen molar-refractivity contribution in [1.29, 1.82) is 0 Å². The molecule has 0 bridgehead atoms. The molecule has 0 aromatic heterocycles. The van der Waals surface area contributed by atoms with Gasteiger partial charge in [0.15, 0.2) is 0 Å². The summed E-state index contributed by atoms with van der Waals surface area (Å²) >= 11 is 0. The highest BCUT2D eigenvalue weighted by atomic mass is 16.5. The first kappa shape index (κ1) is 18.4. The summed E-state index contributed by atoms with van der Waals surface area (Å²) in [5, 5.41) is 5.41. The van der Waals surface area contributed by atoms with Crippen LogP contribution in [0.15, 0.2) is 42.5 Å². The average Bonchev–Trinajstić information content (AvgIpc) is 3.11. The number of ether oxygens (including phenoxy) is 2. The highest BCUT2D eigenvalue weighted by Crippen LogP contribution is 2.28. The lowest BCUT2D eigenvalue weighted by atomic mass is 9.97. The molecule has 1 atom stereocenters. The van der Waals surface area contributed by atoms with E-state index >= 15 is 0 Å². The minimum atomic E-state index is -0.521. The smallest absolute Gasteiger partial charge is 0.338 e. The van der Waals surface area contributed by atoms with E-state index in [9.17, 15) is 14.4 Å². The molecular weight excluding hydrogens is 348 g/mol. The average molecular weight is 368 g/mol. The van der Waals surface area contributed by atoms with Crippen molar-refractivity contribution < 1.29 is 23.9 Å². The highest BCUT2D eigenvalue weighted by molar-refractivity contribution is 6.01. The topological polar surface area (TPSA) is 93.7 Å². The second-order valence-corrected chi connectivity index (χ2v) is 6.09. The molecule has 2 N–H and O–H groups in total. The van der Waals surface area contributed by atoms with Crippen molar-refractivity contribution in [3.63, 3.8) is 0 Å². The normalized spacial score (nSPS) is 15.8. The number of hydrogen-bond acceptors (Lipinski definition) is 5. The summed E-state index contributed by atoms with van der Waals surface area (Å²) in [6.07, 6.45) is 0.565. The minimum absolute atomic E-state index is 0.178. The van der Waals surface area contributed by atoms with Gasteiger partial charge >= 0.3 is 5.97 Å². The Balaban J connectivity index is 1.92. The Bertz CT molecular complexity index is 894. The van der Waals surface area contributed by atoms with Crippen LogP contribution in [0.1, 0.15) is 27.1 Å². The Morgan fingerprint density at radius 1 is 1.15 bits per heavy atom. The van der Waals surface area contributed by atoms with E-state index in [1.54, 1.807) is 42.5 Å². The van der Waals surface area contributed by atoms with Gasteiger partial charge in [-0.15, -0.1) is 0 Å². The molecule has 1 aliphatic heterocycles. The Morgan fingerprint density at radius 2 is 1.96 bits per heavy atom. The molecule has 1 unspecified atom stereocenters. The molecule has 7 heteroatoms. The molecule has 0 aliphatic carbocycles. The predicted octanol–water partition coefficient (Wildman–Crippen LogP) is 1.77. The van der Waals surface area contributed by atoms with E-state index in [1.165, 1.54) is 14.2 Å². The van der Waals surface area contributed by atoms with E-state index < -0.39 is 12.0 Å². The number of carbonyl (C=O) groups is 3. The second-order valence-electron chi connectivity index (χ2n) is 6.09. The zero-order valence-corrected chi connectivity index (χ0v) is 15.1. The maximum Gasteiger partial charge on any atom is 0.338 e. The van der Waals surface area contributed by atoms with Crippen LogP contribution >= 0.6 is 0 Å². The van der Waals surface area contributed by atoms with Crippen molar-refractivity contribution in [1.82, 2.24) is 10.6 Å². The summed E-state index contributed by atoms with van der Waals surface area (Å²) in [5.41, 5.74) is 2.04. The molecule has 7 nitrogen and oxygen atoms in total. The molecule has 1 saturated heterocycles. The fraction of sp³-hybridized carbons (Fsp3) is 0.250. The molecule has 2 aromatic rings. The number of hydrogen-bond donors (Lipinski definition) is 2. The van der Waals surface area contributed by atoms with Crippen molar-refractivity contribution >= 4 is 17.8 Å². The number of carbonyl (C=O) groups excluding carboxylic acids is 3. The lowest BCUT2D eigenvalue weighted by molar-refractivity contribution is -0.120. The number of amides is 2. The molecule has 2 amide bonds. The van der Waals surface area contributed by atoms with Gasteiger partial charge in [0.1, 0.15) is 11.8 Å². The molecule has 2 aromatic carbocycles. The summed E-state index contributed by atoms with van der Waals surface area (Å²) in [6.45, 7) is 0.554. The third kappa shape index (κ3) is 3.92. The van der Waals surface area contributed by atoms with E-state index in [0.717, 1.165) is 0 Å². The maximum absolute atomic E-state index is 12.5. The number of methoxy groups -OCH3 is 2. The van der Waals surface area contributed by atoms with Crippen LogP contribution in [-0.4, -0.2) is 44.6 Å². The van der Waals surface area contributed by atoms with Gasteiger partial charge < -0.3 is 20.1 Å². The molecule has 1 heterocycles. The summed E-state index contributed by atoms with van der Waals surface area (Å²) < 4.78 is 10.0. The lowest BCUT2D eigenvalue weighted by Gasteiger charge is -2.13. The van der Waals surface area contributed by atoms with Gasteiger partial charge in [0.25, 0.3) is 5.91 Å². The van der Waals surface area contributed by atoms with Crippen molar-refractivity contribution in [2.45, 2.75) is 12.5 Å². The quantitative estimate of drug-likeness (QED) is 0.785.